The predicted molar refractivity (Wildman–Crippen MR) is 135 cm³/mol. The third-order valence-electron chi connectivity index (χ3n) is 4.93. The number of carbonyl (C=O) groups excluding carboxylic acids is 4. The quantitative estimate of drug-likeness (QED) is 0.172. The molecule has 1 atom stereocenters. The largest absolute Gasteiger partial charge is 1.00 e. The molecule has 206 valence electrons. The van der Waals surface area contributed by atoms with Crippen LogP contribution in [0.1, 0.15) is 47.8 Å². The van der Waals surface area contributed by atoms with Crippen molar-refractivity contribution in [3.05, 3.63) is 83.8 Å². The topological polar surface area (TPSA) is 98.8 Å². The van der Waals surface area contributed by atoms with Crippen LogP contribution in [0.15, 0.2) is 48.0 Å². The molecule has 39 heavy (non-hydrogen) atoms. The zero-order valence-corrected chi connectivity index (χ0v) is 22.7. The standard InChI is InChI=1S/C27H26F3NO6.CH3.Li/c1-26(2,3)37-25(35)31-22(24(34)36-4)14-18-8-5-7-17(11-18)12-21(16-33)23(27(28,29)30)20-10-6-9-19(13-20)15-32;;/h5-9,11,13,15,22H,12,14H2,1-4H3,(H,31,35);1H3;/q-2;-1;+1/b23-21+;;/t22-;;/m0../s1. The molecule has 0 radical (unpaired) electrons. The van der Waals surface area contributed by atoms with E-state index in [1.54, 1.807) is 32.9 Å². The molecule has 0 fully saturated rings. The maximum absolute atomic E-state index is 14.0. The van der Waals surface area contributed by atoms with Crippen molar-refractivity contribution in [1.29, 1.82) is 0 Å². The Bertz CT molecular complexity index is 1190. The summed E-state index contributed by atoms with van der Waals surface area (Å²) in [5.74, 6) is -0.747. The van der Waals surface area contributed by atoms with Crippen molar-refractivity contribution in [2.45, 2.75) is 51.4 Å². The Kier molecular flexibility index (Phi) is 14.0. The van der Waals surface area contributed by atoms with Gasteiger partial charge in [0.15, 0.2) is 0 Å². The minimum atomic E-state index is -4.92. The van der Waals surface area contributed by atoms with Gasteiger partial charge in [-0.3, -0.25) is 4.79 Å². The van der Waals surface area contributed by atoms with Crippen molar-refractivity contribution in [2.24, 2.45) is 0 Å². The number of alkyl carbamates (subject to hydrolysis) is 1. The number of amides is 1. The van der Waals surface area contributed by atoms with Gasteiger partial charge in [0.25, 0.3) is 0 Å². The van der Waals surface area contributed by atoms with Crippen LogP contribution in [0, 0.1) is 13.5 Å². The van der Waals surface area contributed by atoms with E-state index >= 15 is 0 Å². The van der Waals surface area contributed by atoms with Crippen molar-refractivity contribution in [1.82, 2.24) is 5.32 Å². The number of rotatable bonds is 9. The average Bonchev–Trinajstić information content (AvgIpc) is 2.81. The molecule has 2 aromatic carbocycles. The van der Waals surface area contributed by atoms with Crippen molar-refractivity contribution in [3.63, 3.8) is 0 Å². The van der Waals surface area contributed by atoms with Gasteiger partial charge in [-0.05, 0) is 50.2 Å². The molecule has 7 nitrogen and oxygen atoms in total. The van der Waals surface area contributed by atoms with Gasteiger partial charge in [-0.15, -0.1) is 35.4 Å². The normalized spacial score (nSPS) is 12.5. The van der Waals surface area contributed by atoms with E-state index < -0.39 is 53.0 Å². The molecule has 1 N–H and O–H groups in total. The van der Waals surface area contributed by atoms with Crippen LogP contribution in [0.2, 0.25) is 0 Å². The van der Waals surface area contributed by atoms with Crippen LogP contribution in [0.5, 0.6) is 0 Å². The summed E-state index contributed by atoms with van der Waals surface area (Å²) in [5.41, 5.74) is -2.40. The minimum Gasteiger partial charge on any atom is -0.467 e. The molecule has 11 heteroatoms. The van der Waals surface area contributed by atoms with Gasteiger partial charge in [0.1, 0.15) is 17.9 Å². The Morgan fingerprint density at radius 3 is 2.31 bits per heavy atom. The first-order valence-corrected chi connectivity index (χ1v) is 11.1. The molecule has 0 aliphatic heterocycles. The van der Waals surface area contributed by atoms with Gasteiger partial charge < -0.3 is 27.0 Å². The molecule has 0 aliphatic rings. The second kappa shape index (κ2) is 15.3. The van der Waals surface area contributed by atoms with Crippen LogP contribution >= 0.6 is 0 Å². The maximum Gasteiger partial charge on any atom is 1.00 e. The van der Waals surface area contributed by atoms with Crippen LogP contribution in [0.4, 0.5) is 18.0 Å². The molecule has 0 bridgehead atoms. The fourth-order valence-electron chi connectivity index (χ4n) is 3.46. The van der Waals surface area contributed by atoms with E-state index in [1.165, 1.54) is 30.6 Å². The number of nitrogens with one attached hydrogen (secondary N) is 1. The third kappa shape index (κ3) is 11.1. The summed E-state index contributed by atoms with van der Waals surface area (Å²) in [4.78, 5) is 47.1. The van der Waals surface area contributed by atoms with Crippen LogP contribution in [0.25, 0.3) is 5.57 Å². The summed E-state index contributed by atoms with van der Waals surface area (Å²) in [6, 6.07) is 10.9. The Morgan fingerprint density at radius 1 is 1.13 bits per heavy atom. The van der Waals surface area contributed by atoms with Crippen molar-refractivity contribution in [2.75, 3.05) is 7.11 Å². The molecule has 0 saturated heterocycles. The smallest absolute Gasteiger partial charge is 0.467 e. The summed E-state index contributed by atoms with van der Waals surface area (Å²) >= 11 is 0. The summed E-state index contributed by atoms with van der Waals surface area (Å²) in [7, 11) is 1.15. The Labute approximate surface area is 238 Å². The summed E-state index contributed by atoms with van der Waals surface area (Å²) in [5, 5.41) is 2.43. The fraction of sp³-hybridized carbons (Fsp3) is 0.321. The SMILES string of the molecule is COC(=O)[C@H](Cc1cccc(C/C([C-]=O)=C(/c2[c-]ccc(C=O)c2)C(F)(F)F)c1)NC(=O)OC(C)(C)C.[CH3-].[Li+]. The van der Waals surface area contributed by atoms with Gasteiger partial charge in [0.2, 0.25) is 0 Å². The van der Waals surface area contributed by atoms with Crippen molar-refractivity contribution in [3.8, 4) is 0 Å². The molecule has 0 saturated carbocycles. The van der Waals surface area contributed by atoms with Gasteiger partial charge in [-0.1, -0.05) is 29.8 Å². The number of benzene rings is 2. The van der Waals surface area contributed by atoms with Gasteiger partial charge >= 0.3 is 37.1 Å². The maximum atomic E-state index is 14.0. The molecule has 2 aromatic rings. The Hall–Kier alpha value is -3.35. The minimum absolute atomic E-state index is 0. The summed E-state index contributed by atoms with van der Waals surface area (Å²) in [6.07, 6.45) is -4.48. The van der Waals surface area contributed by atoms with E-state index in [-0.39, 0.29) is 38.3 Å². The number of ether oxygens (including phenoxy) is 2. The molecule has 2 rings (SSSR count). The van der Waals surface area contributed by atoms with Gasteiger partial charge in [0, 0.05) is 6.42 Å². The molecule has 0 aliphatic carbocycles. The van der Waals surface area contributed by atoms with Gasteiger partial charge in [-0.2, -0.15) is 13.2 Å². The molecular formula is C28H29F3LiNO6-2. The number of esters is 1. The molecule has 0 heterocycles. The Balaban J connectivity index is 0.00000722. The summed E-state index contributed by atoms with van der Waals surface area (Å²) < 4.78 is 51.8. The van der Waals surface area contributed by atoms with Crippen LogP contribution in [-0.2, 0) is 31.9 Å². The van der Waals surface area contributed by atoms with Crippen LogP contribution in [0.3, 0.4) is 0 Å². The number of methoxy groups -OCH3 is 1. The molecular weight excluding hydrogens is 510 g/mol. The van der Waals surface area contributed by atoms with E-state index in [4.69, 9.17) is 9.47 Å². The van der Waals surface area contributed by atoms with Gasteiger partial charge in [-0.25, -0.2) is 9.59 Å². The number of aldehydes is 1. The number of hydrogen-bond acceptors (Lipinski definition) is 6. The molecule has 0 aromatic heterocycles. The Morgan fingerprint density at radius 2 is 1.77 bits per heavy atom. The zero-order chi connectivity index (χ0) is 27.8. The number of carbonyl (C=O) groups is 3. The fourth-order valence-corrected chi connectivity index (χ4v) is 3.46. The predicted octanol–water partition coefficient (Wildman–Crippen LogP) is 2.03. The van der Waals surface area contributed by atoms with Gasteiger partial charge in [0.05, 0.1) is 7.11 Å². The first-order valence-electron chi connectivity index (χ1n) is 11.1. The molecule has 0 unspecified atom stereocenters. The molecule has 1 amide bonds. The van der Waals surface area contributed by atoms with E-state index in [9.17, 15) is 32.3 Å². The zero-order valence-electron chi connectivity index (χ0n) is 22.7. The van der Waals surface area contributed by atoms with Crippen molar-refractivity contribution < 1.29 is 60.7 Å². The number of halogens is 3. The number of alkyl halides is 3. The van der Waals surface area contributed by atoms with E-state index in [1.807, 2.05) is 0 Å². The van der Waals surface area contributed by atoms with E-state index in [0.717, 1.165) is 13.2 Å². The third-order valence-corrected chi connectivity index (χ3v) is 4.93. The second-order valence-electron chi connectivity index (χ2n) is 9.03. The number of hydrogen-bond donors (Lipinski definition) is 1. The monoisotopic (exact) mass is 539 g/mol. The van der Waals surface area contributed by atoms with Crippen LogP contribution in [-0.4, -0.2) is 49.6 Å². The average molecular weight is 539 g/mol. The van der Waals surface area contributed by atoms with E-state index in [0.29, 0.717) is 17.4 Å². The first kappa shape index (κ1) is 35.6. The second-order valence-corrected chi connectivity index (χ2v) is 9.03. The number of allylic oxidation sites excluding steroid dienone is 2. The first-order chi connectivity index (χ1) is 17.3. The van der Waals surface area contributed by atoms with E-state index in [2.05, 4.69) is 11.4 Å². The summed E-state index contributed by atoms with van der Waals surface area (Å²) in [6.45, 7) is 4.96. The van der Waals surface area contributed by atoms with Crippen LogP contribution < -0.4 is 24.2 Å². The molecule has 0 spiro atoms. The van der Waals surface area contributed by atoms with Crippen molar-refractivity contribution >= 4 is 30.2 Å².